The minimum absolute atomic E-state index is 1.01. The second-order valence-corrected chi connectivity index (χ2v) is 15.6. The van der Waals surface area contributed by atoms with Crippen molar-refractivity contribution >= 4 is 51.8 Å². The van der Waals surface area contributed by atoms with Gasteiger partial charge in [0.2, 0.25) is 0 Å². The fourth-order valence-corrected chi connectivity index (χ4v) is 12.8. The monoisotopic (exact) mass is 491 g/mol. The first-order valence-corrected chi connectivity index (χ1v) is 16.1. The van der Waals surface area contributed by atoms with Gasteiger partial charge in [-0.15, -0.1) is 0 Å². The Labute approximate surface area is 215 Å². The van der Waals surface area contributed by atoms with Crippen molar-refractivity contribution in [1.82, 2.24) is 4.57 Å². The van der Waals surface area contributed by atoms with Gasteiger partial charge in [-0.2, -0.15) is 0 Å². The molecule has 4 heterocycles. The third kappa shape index (κ3) is 2.70. The van der Waals surface area contributed by atoms with Gasteiger partial charge in [-0.25, -0.2) is 0 Å². The van der Waals surface area contributed by atoms with Crippen LogP contribution in [0.5, 0.6) is 0 Å². The Hall–Kier alpha value is -4.08. The molecule has 1 spiro atoms. The van der Waals surface area contributed by atoms with E-state index in [-0.39, 0.29) is 0 Å². The van der Waals surface area contributed by atoms with E-state index in [1.165, 1.54) is 73.6 Å². The molecule has 0 radical (unpaired) electrons. The number of furan rings is 1. The highest BCUT2D eigenvalue weighted by Gasteiger charge is 2.45. The van der Waals surface area contributed by atoms with E-state index < -0.39 is 8.07 Å². The van der Waals surface area contributed by atoms with E-state index in [1.807, 2.05) is 0 Å². The number of aromatic nitrogens is 1. The van der Waals surface area contributed by atoms with E-state index in [2.05, 4.69) is 108 Å². The molecule has 0 bridgehead atoms. The Balaban J connectivity index is 1.19. The predicted molar refractivity (Wildman–Crippen MR) is 155 cm³/mol. The number of nitrogens with zero attached hydrogens (tertiary/aromatic N) is 1. The summed E-state index contributed by atoms with van der Waals surface area (Å²) in [6, 6.07) is 43.0. The molecule has 0 saturated heterocycles. The van der Waals surface area contributed by atoms with Gasteiger partial charge in [0.25, 0.3) is 0 Å². The average molecular weight is 492 g/mol. The smallest absolute Gasteiger partial charge is 0.138 e. The van der Waals surface area contributed by atoms with Crippen molar-refractivity contribution in [3.8, 4) is 5.69 Å². The van der Waals surface area contributed by atoms with Crippen molar-refractivity contribution in [2.24, 2.45) is 0 Å². The first-order valence-electron chi connectivity index (χ1n) is 13.3. The number of para-hydroxylation sites is 3. The molecule has 2 aromatic heterocycles. The molecule has 1 unspecified atom stereocenters. The Morgan fingerprint density at radius 1 is 0.541 bits per heavy atom. The molecule has 2 nitrogen and oxygen atoms in total. The summed E-state index contributed by atoms with van der Waals surface area (Å²) < 4.78 is 8.91. The second-order valence-electron chi connectivity index (χ2n) is 11.2. The number of fused-ring (bicyclic) bond motifs is 9. The quantitative estimate of drug-likeness (QED) is 0.212. The van der Waals surface area contributed by atoms with E-state index >= 15 is 0 Å². The van der Waals surface area contributed by atoms with Gasteiger partial charge in [0.1, 0.15) is 11.2 Å². The predicted octanol–water partition coefficient (Wildman–Crippen LogP) is 8.19. The van der Waals surface area contributed by atoms with Gasteiger partial charge >= 0.3 is 0 Å². The maximum absolute atomic E-state index is 6.46. The minimum Gasteiger partial charge on any atom is -0.456 e. The highest BCUT2D eigenvalue weighted by atomic mass is 28.3. The lowest BCUT2D eigenvalue weighted by Gasteiger charge is -2.19. The first-order chi connectivity index (χ1) is 18.3. The van der Waals surface area contributed by atoms with Gasteiger partial charge < -0.3 is 8.98 Å². The molecule has 0 aliphatic carbocycles. The lowest BCUT2D eigenvalue weighted by atomic mass is 10.1. The SMILES string of the molecule is c1ccc(-n2c3ccccc3c3cc4c(cc32)C[Si]2(C4)Cc3ccc4c(oc5ccccc54)c3C2)cc1. The molecule has 2 aliphatic heterocycles. The molecule has 1 atom stereocenters. The molecule has 9 rings (SSSR count). The average Bonchev–Trinajstić information content (AvgIpc) is 3.66. The van der Waals surface area contributed by atoms with Crippen LogP contribution < -0.4 is 0 Å². The van der Waals surface area contributed by atoms with Gasteiger partial charge in [0.15, 0.2) is 0 Å². The maximum atomic E-state index is 6.46. The second kappa shape index (κ2) is 7.02. The van der Waals surface area contributed by atoms with Gasteiger partial charge in [-0.05, 0) is 82.8 Å². The summed E-state index contributed by atoms with van der Waals surface area (Å²) in [5.74, 6) is 0. The standard InChI is InChI=1S/C34H25NOSi/c1-2-8-25(9-3-1)35-31-12-6-4-10-26(31)29-16-23-19-37(20-24(23)17-32(29)35)18-22-14-15-28-27-11-5-7-13-33(27)36-34(28)30(22)21-37/h1-17H,18-21H2. The van der Waals surface area contributed by atoms with Crippen molar-refractivity contribution in [1.29, 1.82) is 0 Å². The number of rotatable bonds is 1. The Morgan fingerprint density at radius 2 is 1.27 bits per heavy atom. The van der Waals surface area contributed by atoms with Crippen LogP contribution in [-0.4, -0.2) is 12.6 Å². The van der Waals surface area contributed by atoms with E-state index in [9.17, 15) is 0 Å². The fraction of sp³-hybridized carbons (Fsp3) is 0.118. The van der Waals surface area contributed by atoms with E-state index in [1.54, 1.807) is 11.1 Å². The molecule has 37 heavy (non-hydrogen) atoms. The Kier molecular flexibility index (Phi) is 3.80. The third-order valence-corrected chi connectivity index (χ3v) is 13.5. The zero-order chi connectivity index (χ0) is 24.1. The van der Waals surface area contributed by atoms with E-state index in [0.29, 0.717) is 0 Å². The first kappa shape index (κ1) is 20.0. The number of benzene rings is 5. The lowest BCUT2D eigenvalue weighted by Crippen LogP contribution is -2.38. The molecule has 7 aromatic rings. The van der Waals surface area contributed by atoms with Crippen molar-refractivity contribution in [2.45, 2.75) is 24.2 Å². The molecule has 0 fully saturated rings. The van der Waals surface area contributed by atoms with Crippen molar-refractivity contribution in [3.05, 3.63) is 125 Å². The van der Waals surface area contributed by atoms with Crippen LogP contribution in [0.15, 0.2) is 108 Å². The van der Waals surface area contributed by atoms with Crippen LogP contribution in [0.25, 0.3) is 49.4 Å². The molecule has 0 saturated carbocycles. The summed E-state index contributed by atoms with van der Waals surface area (Å²) in [7, 11) is -1.55. The summed E-state index contributed by atoms with van der Waals surface area (Å²) in [4.78, 5) is 0. The number of hydrogen-bond donors (Lipinski definition) is 0. The van der Waals surface area contributed by atoms with Gasteiger partial charge in [-0.1, -0.05) is 66.7 Å². The summed E-state index contributed by atoms with van der Waals surface area (Å²) in [6.07, 6.45) is 0. The molecule has 0 N–H and O–H groups in total. The van der Waals surface area contributed by atoms with Crippen molar-refractivity contribution in [2.75, 3.05) is 0 Å². The normalized spacial score (nSPS) is 18.5. The summed E-state index contributed by atoms with van der Waals surface area (Å²) in [5.41, 5.74) is 12.2. The highest BCUT2D eigenvalue weighted by Crippen LogP contribution is 2.45. The van der Waals surface area contributed by atoms with Gasteiger partial charge in [0, 0.05) is 27.2 Å². The van der Waals surface area contributed by atoms with Crippen LogP contribution >= 0.6 is 0 Å². The Bertz CT molecular complexity index is 2050. The van der Waals surface area contributed by atoms with Crippen LogP contribution in [0.1, 0.15) is 22.3 Å². The fourth-order valence-electron chi connectivity index (χ4n) is 7.49. The molecular weight excluding hydrogens is 466 g/mol. The topological polar surface area (TPSA) is 18.1 Å². The minimum atomic E-state index is -1.55. The molecule has 5 aromatic carbocycles. The molecule has 0 amide bonds. The summed E-state index contributed by atoms with van der Waals surface area (Å²) >= 11 is 0. The van der Waals surface area contributed by atoms with Crippen molar-refractivity contribution in [3.63, 3.8) is 0 Å². The van der Waals surface area contributed by atoms with Gasteiger partial charge in [0.05, 0.1) is 19.1 Å². The summed E-state index contributed by atoms with van der Waals surface area (Å²) in [5, 5.41) is 5.27. The number of hydrogen-bond acceptors (Lipinski definition) is 1. The van der Waals surface area contributed by atoms with Crippen LogP contribution in [0, 0.1) is 0 Å². The van der Waals surface area contributed by atoms with Crippen LogP contribution in [0.3, 0.4) is 0 Å². The maximum Gasteiger partial charge on any atom is 0.138 e. The largest absolute Gasteiger partial charge is 0.456 e. The zero-order valence-corrected chi connectivity index (χ0v) is 21.5. The van der Waals surface area contributed by atoms with Crippen LogP contribution in [0.2, 0.25) is 0 Å². The highest BCUT2D eigenvalue weighted by molar-refractivity contribution is 6.80. The molecule has 3 heteroatoms. The molecular formula is C34H25NOSi. The lowest BCUT2D eigenvalue weighted by molar-refractivity contribution is 0.665. The van der Waals surface area contributed by atoms with Gasteiger partial charge in [-0.3, -0.25) is 0 Å². The molecule has 2 aliphatic rings. The Morgan fingerprint density at radius 3 is 2.16 bits per heavy atom. The summed E-state index contributed by atoms with van der Waals surface area (Å²) in [6.45, 7) is 0. The zero-order valence-electron chi connectivity index (χ0n) is 20.5. The van der Waals surface area contributed by atoms with Crippen LogP contribution in [-0.2, 0) is 24.2 Å². The third-order valence-electron chi connectivity index (χ3n) is 9.00. The van der Waals surface area contributed by atoms with Crippen molar-refractivity contribution < 1.29 is 4.42 Å². The van der Waals surface area contributed by atoms with E-state index in [0.717, 1.165) is 11.2 Å². The van der Waals surface area contributed by atoms with E-state index in [4.69, 9.17) is 4.42 Å². The molecule has 176 valence electrons. The van der Waals surface area contributed by atoms with Crippen LogP contribution in [0.4, 0.5) is 0 Å².